The highest BCUT2D eigenvalue weighted by Gasteiger charge is 1.84. The predicted molar refractivity (Wildman–Crippen MR) is 29.2 cm³/mol. The molecule has 0 aliphatic rings. The number of hydrogen-bond acceptors (Lipinski definition) is 0. The molecule has 0 N–H and O–H groups in total. The maximum Gasteiger partial charge on any atom is 0.141 e. The van der Waals surface area contributed by atoms with Gasteiger partial charge in [0, 0.05) is 4.08 Å². The van der Waals surface area contributed by atoms with E-state index in [0.717, 1.165) is 4.08 Å². The van der Waals surface area contributed by atoms with Crippen LogP contribution in [0.2, 0.25) is 0 Å². The van der Waals surface area contributed by atoms with E-state index < -0.39 is 12.5 Å². The van der Waals surface area contributed by atoms with Crippen LogP contribution >= 0.6 is 22.6 Å². The van der Waals surface area contributed by atoms with Gasteiger partial charge in [0.15, 0.2) is 0 Å². The van der Waals surface area contributed by atoms with Crippen molar-refractivity contribution in [3.63, 3.8) is 0 Å². The van der Waals surface area contributed by atoms with Gasteiger partial charge in [-0.2, -0.15) is 0 Å². The molecule has 6 heavy (non-hydrogen) atoms. The summed E-state index contributed by atoms with van der Waals surface area (Å²) in [5.74, 6) is -0.712. The lowest BCUT2D eigenvalue weighted by atomic mass is 10.7. The van der Waals surface area contributed by atoms with Gasteiger partial charge in [-0.3, -0.25) is 0 Å². The van der Waals surface area contributed by atoms with E-state index in [-0.39, 0.29) is 0 Å². The Labute approximate surface area is 48.4 Å². The molecule has 0 heterocycles. The van der Waals surface area contributed by atoms with Gasteiger partial charge in [0.2, 0.25) is 0 Å². The van der Waals surface area contributed by atoms with Crippen LogP contribution in [-0.2, 0) is 0 Å². The van der Waals surface area contributed by atoms with Crippen molar-refractivity contribution in [2.24, 2.45) is 0 Å². The van der Waals surface area contributed by atoms with Gasteiger partial charge < -0.3 is 0 Å². The molecule has 0 aromatic carbocycles. The summed E-state index contributed by atoms with van der Waals surface area (Å²) in [5.41, 5.74) is 0. The Morgan fingerprint density at radius 2 is 2.33 bits per heavy atom. The fourth-order valence-corrected chi connectivity index (χ4v) is 0.196. The minimum atomic E-state index is -0.983. The van der Waals surface area contributed by atoms with Crippen LogP contribution in [0.3, 0.4) is 0 Å². The second-order valence-electron chi connectivity index (χ2n) is 0.690. The zero-order valence-corrected chi connectivity index (χ0v) is 5.08. The number of rotatable bonds is 1. The molecule has 0 nitrogen and oxygen atoms in total. The Morgan fingerprint density at radius 3 is 2.33 bits per heavy atom. The van der Waals surface area contributed by atoms with E-state index in [4.69, 9.17) is 0 Å². The molecule has 36 valence electrons. The van der Waals surface area contributed by atoms with E-state index in [1.165, 1.54) is 0 Å². The van der Waals surface area contributed by atoms with Crippen molar-refractivity contribution in [2.75, 3.05) is 6.67 Å². The Balaban J connectivity index is 3.22. The zero-order chi connectivity index (χ0) is 4.99. The van der Waals surface area contributed by atoms with Gasteiger partial charge in [0.05, 0.1) is 0 Å². The first-order chi connectivity index (χ1) is 2.81. The van der Waals surface area contributed by atoms with E-state index in [2.05, 4.69) is 0 Å². The predicted octanol–water partition coefficient (Wildman–Crippen LogP) is 2.20. The van der Waals surface area contributed by atoms with Gasteiger partial charge >= 0.3 is 0 Å². The molecule has 0 amide bonds. The average molecular weight is 204 g/mol. The van der Waals surface area contributed by atoms with Crippen molar-refractivity contribution in [1.29, 1.82) is 0 Å². The van der Waals surface area contributed by atoms with Crippen LogP contribution in [0.5, 0.6) is 0 Å². The van der Waals surface area contributed by atoms with Gasteiger partial charge in [-0.25, -0.2) is 8.78 Å². The molecule has 0 saturated heterocycles. The highest BCUT2D eigenvalue weighted by molar-refractivity contribution is 14.1. The lowest BCUT2D eigenvalue weighted by Crippen LogP contribution is -1.67. The summed E-state index contributed by atoms with van der Waals surface area (Å²) in [6.07, 6.45) is 0. The molecule has 0 aromatic rings. The quantitative estimate of drug-likeness (QED) is 0.574. The summed E-state index contributed by atoms with van der Waals surface area (Å²) >= 11 is 1.64. The van der Waals surface area contributed by atoms with E-state index in [9.17, 15) is 8.78 Å². The van der Waals surface area contributed by atoms with E-state index in [1.807, 2.05) is 0 Å². The van der Waals surface area contributed by atoms with Crippen LogP contribution in [-0.4, -0.2) is 6.67 Å². The summed E-state index contributed by atoms with van der Waals surface area (Å²) in [7, 11) is 0. The third-order valence-electron chi connectivity index (χ3n) is 0.246. The number of alkyl halides is 1. The molecule has 0 fully saturated rings. The summed E-state index contributed by atoms with van der Waals surface area (Å²) in [6.45, 7) is -0.983. The highest BCUT2D eigenvalue weighted by Crippen LogP contribution is 1.99. The highest BCUT2D eigenvalue weighted by atomic mass is 127. The fraction of sp³-hybridized carbons (Fsp3) is 0.333. The molecule has 0 bridgehead atoms. The van der Waals surface area contributed by atoms with Crippen molar-refractivity contribution >= 4 is 22.6 Å². The maximum atomic E-state index is 11.3. The molecule has 0 unspecified atom stereocenters. The number of hydrogen-bond donors (Lipinski definition) is 0. The normalized spacial score (nSPS) is 12.2. The molecule has 0 radical (unpaired) electrons. The number of allylic oxidation sites excluding steroid dienone is 1. The van der Waals surface area contributed by atoms with Crippen molar-refractivity contribution in [1.82, 2.24) is 0 Å². The Hall–Kier alpha value is 0.330. The third-order valence-corrected chi connectivity index (χ3v) is 0.922. The van der Waals surface area contributed by atoms with Crippen LogP contribution < -0.4 is 0 Å². The largest absolute Gasteiger partial charge is 0.243 e. The minimum Gasteiger partial charge on any atom is -0.243 e. The Morgan fingerprint density at radius 1 is 1.83 bits per heavy atom. The smallest absolute Gasteiger partial charge is 0.141 e. The van der Waals surface area contributed by atoms with Gasteiger partial charge in [0.25, 0.3) is 0 Å². The standard InChI is InChI=1S/C3H3F2I/c4-1-3(5)2-6/h2H,1H2. The topological polar surface area (TPSA) is 0 Å². The minimum absolute atomic E-state index is 0.712. The van der Waals surface area contributed by atoms with Crippen LogP contribution in [0.25, 0.3) is 0 Å². The van der Waals surface area contributed by atoms with Gasteiger partial charge in [-0.1, -0.05) is 22.6 Å². The molecule has 0 aliphatic heterocycles. The summed E-state index contributed by atoms with van der Waals surface area (Å²) in [6, 6.07) is 0. The molecule has 0 spiro atoms. The van der Waals surface area contributed by atoms with E-state index in [0.29, 0.717) is 0 Å². The van der Waals surface area contributed by atoms with Crippen molar-refractivity contribution in [3.8, 4) is 0 Å². The van der Waals surface area contributed by atoms with Crippen molar-refractivity contribution in [3.05, 3.63) is 9.91 Å². The third kappa shape index (κ3) is 2.56. The molecule has 0 aliphatic carbocycles. The Bertz CT molecular complexity index is 59.8. The van der Waals surface area contributed by atoms with Gasteiger partial charge in [0.1, 0.15) is 12.5 Å². The van der Waals surface area contributed by atoms with E-state index in [1.54, 1.807) is 22.6 Å². The molecule has 0 aromatic heterocycles. The molecular weight excluding hydrogens is 201 g/mol. The van der Waals surface area contributed by atoms with Crippen LogP contribution in [0, 0.1) is 0 Å². The molecule has 0 rings (SSSR count). The van der Waals surface area contributed by atoms with Gasteiger partial charge in [-0.15, -0.1) is 0 Å². The average Bonchev–Trinajstić information content (AvgIpc) is 1.65. The molecule has 0 atom stereocenters. The van der Waals surface area contributed by atoms with Crippen LogP contribution in [0.1, 0.15) is 0 Å². The summed E-state index contributed by atoms with van der Waals surface area (Å²) in [5, 5.41) is 0. The number of halogens is 3. The second-order valence-corrected chi connectivity index (χ2v) is 1.31. The van der Waals surface area contributed by atoms with Crippen LogP contribution in [0.4, 0.5) is 8.78 Å². The van der Waals surface area contributed by atoms with Crippen LogP contribution in [0.15, 0.2) is 9.91 Å². The first kappa shape index (κ1) is 6.33. The van der Waals surface area contributed by atoms with E-state index >= 15 is 0 Å². The summed E-state index contributed by atoms with van der Waals surface area (Å²) in [4.78, 5) is 0. The summed E-state index contributed by atoms with van der Waals surface area (Å²) < 4.78 is 23.3. The maximum absolute atomic E-state index is 11.3. The Kier molecular flexibility index (Phi) is 3.71. The monoisotopic (exact) mass is 204 g/mol. The molecule has 0 saturated carbocycles. The lowest BCUT2D eigenvalue weighted by Gasteiger charge is -1.75. The fourth-order valence-electron chi connectivity index (χ4n) is 0.0292. The zero-order valence-electron chi connectivity index (χ0n) is 2.92. The first-order valence-corrected chi connectivity index (χ1v) is 2.56. The van der Waals surface area contributed by atoms with Crippen molar-refractivity contribution in [2.45, 2.75) is 0 Å². The second kappa shape index (κ2) is 3.52. The van der Waals surface area contributed by atoms with Crippen molar-refractivity contribution < 1.29 is 8.78 Å². The SMILES string of the molecule is FCC(F)=CI. The van der Waals surface area contributed by atoms with Gasteiger partial charge in [-0.05, 0) is 0 Å². The lowest BCUT2D eigenvalue weighted by molar-refractivity contribution is 0.461. The first-order valence-electron chi connectivity index (χ1n) is 1.32. The molecular formula is C3H3F2I. The molecule has 3 heteroatoms.